The number of carbonyl (C=O) groups is 1. The van der Waals surface area contributed by atoms with Gasteiger partial charge in [-0.15, -0.1) is 0 Å². The normalized spacial score (nSPS) is 17.4. The number of carbonyl (C=O) groups excluding carboxylic acids is 1. The van der Waals surface area contributed by atoms with E-state index >= 15 is 0 Å². The number of benzene rings is 2. The molecule has 4 rings (SSSR count). The van der Waals surface area contributed by atoms with Crippen molar-refractivity contribution in [2.24, 2.45) is 0 Å². The van der Waals surface area contributed by atoms with E-state index in [1.165, 1.54) is 28.3 Å². The Morgan fingerprint density at radius 3 is 2.53 bits per heavy atom. The van der Waals surface area contributed by atoms with Crippen LogP contribution in [0, 0.1) is 6.92 Å². The van der Waals surface area contributed by atoms with Crippen LogP contribution in [0.3, 0.4) is 0 Å². The van der Waals surface area contributed by atoms with Gasteiger partial charge in [0.1, 0.15) is 0 Å². The molecule has 0 bridgehead atoms. The molecule has 1 aliphatic heterocycles. The number of fused-ring (bicyclic) bond motifs is 1. The van der Waals surface area contributed by atoms with Gasteiger partial charge in [0, 0.05) is 18.8 Å². The first-order valence-electron chi connectivity index (χ1n) is 10.5. The van der Waals surface area contributed by atoms with E-state index in [0.717, 1.165) is 24.0 Å². The Morgan fingerprint density at radius 1 is 1.03 bits per heavy atom. The lowest BCUT2D eigenvalue weighted by atomic mass is 9.90. The Labute approximate surface area is 178 Å². The highest BCUT2D eigenvalue weighted by molar-refractivity contribution is 7.89. The van der Waals surface area contributed by atoms with Crippen LogP contribution >= 0.6 is 0 Å². The van der Waals surface area contributed by atoms with Crippen molar-refractivity contribution >= 4 is 21.6 Å². The quantitative estimate of drug-likeness (QED) is 0.794. The first kappa shape index (κ1) is 21.0. The molecule has 1 aliphatic carbocycles. The van der Waals surface area contributed by atoms with Crippen LogP contribution < -0.4 is 5.32 Å². The van der Waals surface area contributed by atoms with Gasteiger partial charge in [-0.05, 0) is 67.0 Å². The first-order chi connectivity index (χ1) is 14.4. The predicted octanol–water partition coefficient (Wildman–Crippen LogP) is 3.08. The third-order valence-corrected chi connectivity index (χ3v) is 7.76. The van der Waals surface area contributed by atoms with Crippen LogP contribution in [-0.2, 0) is 38.8 Å². The van der Waals surface area contributed by atoms with Gasteiger partial charge in [-0.2, -0.15) is 4.31 Å². The summed E-state index contributed by atoms with van der Waals surface area (Å²) in [5, 5.41) is 2.91. The molecule has 160 valence electrons. The predicted molar refractivity (Wildman–Crippen MR) is 116 cm³/mol. The number of amides is 1. The monoisotopic (exact) mass is 428 g/mol. The van der Waals surface area contributed by atoms with Gasteiger partial charge in [0.2, 0.25) is 15.9 Å². The van der Waals surface area contributed by atoms with Crippen LogP contribution in [0.1, 0.15) is 35.1 Å². The van der Waals surface area contributed by atoms with Crippen molar-refractivity contribution in [3.63, 3.8) is 0 Å². The SMILES string of the molecule is Cc1ccc(S(=O)(=O)N2CCOCC2)cc1NC(=O)Cc1ccc2c(c1)CCCC2. The summed E-state index contributed by atoms with van der Waals surface area (Å²) >= 11 is 0. The lowest BCUT2D eigenvalue weighted by molar-refractivity contribution is -0.115. The van der Waals surface area contributed by atoms with E-state index in [-0.39, 0.29) is 17.2 Å². The Morgan fingerprint density at radius 2 is 1.77 bits per heavy atom. The van der Waals surface area contributed by atoms with Crippen LogP contribution in [0.4, 0.5) is 5.69 Å². The van der Waals surface area contributed by atoms with Gasteiger partial charge in [-0.3, -0.25) is 4.79 Å². The number of nitrogens with one attached hydrogen (secondary N) is 1. The molecule has 0 unspecified atom stereocenters. The summed E-state index contributed by atoms with van der Waals surface area (Å²) < 4.78 is 32.5. The maximum atomic E-state index is 12.9. The molecule has 1 fully saturated rings. The lowest BCUT2D eigenvalue weighted by Crippen LogP contribution is -2.40. The van der Waals surface area contributed by atoms with Crippen LogP contribution in [0.5, 0.6) is 0 Å². The molecule has 1 N–H and O–H groups in total. The van der Waals surface area contributed by atoms with E-state index in [4.69, 9.17) is 4.74 Å². The molecule has 0 radical (unpaired) electrons. The van der Waals surface area contributed by atoms with Crippen LogP contribution in [-0.4, -0.2) is 44.9 Å². The van der Waals surface area contributed by atoms with Gasteiger partial charge in [0.05, 0.1) is 24.5 Å². The van der Waals surface area contributed by atoms with Crippen molar-refractivity contribution in [2.75, 3.05) is 31.6 Å². The smallest absolute Gasteiger partial charge is 0.243 e. The summed E-state index contributed by atoms with van der Waals surface area (Å²) in [6.07, 6.45) is 4.89. The van der Waals surface area contributed by atoms with E-state index in [9.17, 15) is 13.2 Å². The zero-order valence-corrected chi connectivity index (χ0v) is 18.1. The summed E-state index contributed by atoms with van der Waals surface area (Å²) in [5.41, 5.74) is 5.09. The van der Waals surface area contributed by atoms with Crippen molar-refractivity contribution < 1.29 is 17.9 Å². The number of nitrogens with zero attached hydrogens (tertiary/aromatic N) is 1. The van der Waals surface area contributed by atoms with Gasteiger partial charge in [0.15, 0.2) is 0 Å². The summed E-state index contributed by atoms with van der Waals surface area (Å²) in [7, 11) is -3.60. The zero-order valence-electron chi connectivity index (χ0n) is 17.3. The second-order valence-corrected chi connectivity index (χ2v) is 9.97. The highest BCUT2D eigenvalue weighted by Crippen LogP contribution is 2.25. The van der Waals surface area contributed by atoms with Crippen molar-refractivity contribution in [3.05, 3.63) is 58.7 Å². The molecule has 6 nitrogen and oxygen atoms in total. The molecule has 7 heteroatoms. The minimum atomic E-state index is -3.60. The minimum absolute atomic E-state index is 0.144. The van der Waals surface area contributed by atoms with Gasteiger partial charge >= 0.3 is 0 Å². The Kier molecular flexibility index (Phi) is 6.22. The molecular weight excluding hydrogens is 400 g/mol. The molecule has 1 saturated heterocycles. The largest absolute Gasteiger partial charge is 0.379 e. The number of morpholine rings is 1. The highest BCUT2D eigenvalue weighted by atomic mass is 32.2. The molecular formula is C23H28N2O4S. The van der Waals surface area contributed by atoms with Crippen LogP contribution in [0.25, 0.3) is 0 Å². The molecule has 0 saturated carbocycles. The van der Waals surface area contributed by atoms with E-state index in [1.54, 1.807) is 18.2 Å². The second kappa shape index (κ2) is 8.88. The number of aryl methyl sites for hydroxylation is 3. The lowest BCUT2D eigenvalue weighted by Gasteiger charge is -2.26. The van der Waals surface area contributed by atoms with Gasteiger partial charge in [0.25, 0.3) is 0 Å². The molecule has 2 aromatic carbocycles. The number of hydrogen-bond acceptors (Lipinski definition) is 4. The second-order valence-electron chi connectivity index (χ2n) is 8.03. The third-order valence-electron chi connectivity index (χ3n) is 5.87. The average Bonchev–Trinajstić information content (AvgIpc) is 2.75. The van der Waals surface area contributed by atoms with Gasteiger partial charge in [-0.25, -0.2) is 8.42 Å². The Balaban J connectivity index is 1.49. The summed E-state index contributed by atoms with van der Waals surface area (Å²) in [4.78, 5) is 12.9. The van der Waals surface area contributed by atoms with Crippen molar-refractivity contribution in [3.8, 4) is 0 Å². The summed E-state index contributed by atoms with van der Waals surface area (Å²) in [6, 6.07) is 11.2. The number of hydrogen-bond donors (Lipinski definition) is 1. The van der Waals surface area contributed by atoms with Gasteiger partial charge in [-0.1, -0.05) is 24.3 Å². The number of sulfonamides is 1. The molecule has 2 aromatic rings. The maximum Gasteiger partial charge on any atom is 0.243 e. The fourth-order valence-electron chi connectivity index (χ4n) is 4.11. The number of ether oxygens (including phenoxy) is 1. The minimum Gasteiger partial charge on any atom is -0.379 e. The Hall–Kier alpha value is -2.22. The van der Waals surface area contributed by atoms with Crippen molar-refractivity contribution in [1.82, 2.24) is 4.31 Å². The molecule has 0 atom stereocenters. The molecule has 0 aromatic heterocycles. The molecule has 1 amide bonds. The van der Waals surface area contributed by atoms with Crippen molar-refractivity contribution in [2.45, 2.75) is 43.9 Å². The zero-order chi connectivity index (χ0) is 21.1. The molecule has 0 spiro atoms. The standard InChI is InChI=1S/C23H28N2O4S/c1-17-6-9-21(30(27,28)25-10-12-29-13-11-25)16-22(17)24-23(26)15-18-7-8-19-4-2-3-5-20(19)14-18/h6-9,14,16H,2-5,10-13,15H2,1H3,(H,24,26). The van der Waals surface area contributed by atoms with Crippen LogP contribution in [0.15, 0.2) is 41.3 Å². The topological polar surface area (TPSA) is 75.7 Å². The highest BCUT2D eigenvalue weighted by Gasteiger charge is 2.27. The van der Waals surface area contributed by atoms with Gasteiger partial charge < -0.3 is 10.1 Å². The first-order valence-corrected chi connectivity index (χ1v) is 12.0. The van der Waals surface area contributed by atoms with E-state index in [0.29, 0.717) is 32.0 Å². The van der Waals surface area contributed by atoms with E-state index in [2.05, 4.69) is 17.4 Å². The fourth-order valence-corrected chi connectivity index (χ4v) is 5.54. The molecule has 30 heavy (non-hydrogen) atoms. The third kappa shape index (κ3) is 4.58. The molecule has 2 aliphatic rings. The van der Waals surface area contributed by atoms with E-state index in [1.807, 2.05) is 13.0 Å². The number of rotatable bonds is 5. The van der Waals surface area contributed by atoms with Crippen molar-refractivity contribution in [1.29, 1.82) is 0 Å². The average molecular weight is 429 g/mol. The number of anilines is 1. The van der Waals surface area contributed by atoms with Crippen LogP contribution in [0.2, 0.25) is 0 Å². The summed E-state index contributed by atoms with van der Waals surface area (Å²) in [5.74, 6) is -0.144. The maximum absolute atomic E-state index is 12.9. The summed E-state index contributed by atoms with van der Waals surface area (Å²) in [6.45, 7) is 3.34. The Bertz CT molecular complexity index is 1040. The fraction of sp³-hybridized carbons (Fsp3) is 0.435. The molecule has 1 heterocycles. The van der Waals surface area contributed by atoms with E-state index < -0.39 is 10.0 Å².